The summed E-state index contributed by atoms with van der Waals surface area (Å²) in [7, 11) is 0. The van der Waals surface area contributed by atoms with Crippen molar-refractivity contribution in [2.45, 2.75) is 20.1 Å². The monoisotopic (exact) mass is 252 g/mol. The molecular formula is C16H16N2O. The van der Waals surface area contributed by atoms with Crippen LogP contribution in [0.25, 0.3) is 0 Å². The van der Waals surface area contributed by atoms with Crippen molar-refractivity contribution in [2.75, 3.05) is 0 Å². The minimum Gasteiger partial charge on any atom is -0.489 e. The van der Waals surface area contributed by atoms with Crippen molar-refractivity contribution in [3.8, 4) is 11.8 Å². The van der Waals surface area contributed by atoms with Crippen LogP contribution in [0.1, 0.15) is 22.3 Å². The van der Waals surface area contributed by atoms with E-state index >= 15 is 0 Å². The summed E-state index contributed by atoms with van der Waals surface area (Å²) in [6.07, 6.45) is 0. The van der Waals surface area contributed by atoms with E-state index < -0.39 is 0 Å². The maximum atomic E-state index is 8.83. The molecule has 2 aromatic rings. The van der Waals surface area contributed by atoms with Gasteiger partial charge in [0.15, 0.2) is 0 Å². The van der Waals surface area contributed by atoms with Gasteiger partial charge < -0.3 is 10.5 Å². The summed E-state index contributed by atoms with van der Waals surface area (Å²) < 4.78 is 5.81. The molecule has 0 fully saturated rings. The lowest BCUT2D eigenvalue weighted by Gasteiger charge is -2.11. The second-order valence-electron chi connectivity index (χ2n) is 4.35. The summed E-state index contributed by atoms with van der Waals surface area (Å²) in [5, 5.41) is 8.83. The zero-order valence-electron chi connectivity index (χ0n) is 10.9. The van der Waals surface area contributed by atoms with E-state index in [0.29, 0.717) is 18.7 Å². The Balaban J connectivity index is 2.13. The van der Waals surface area contributed by atoms with Gasteiger partial charge in [-0.25, -0.2) is 0 Å². The lowest BCUT2D eigenvalue weighted by Crippen LogP contribution is -2.03. The Kier molecular flexibility index (Phi) is 4.17. The average molecular weight is 252 g/mol. The summed E-state index contributed by atoms with van der Waals surface area (Å²) in [6.45, 7) is 2.92. The molecule has 0 heterocycles. The highest BCUT2D eigenvalue weighted by molar-refractivity contribution is 5.38. The fourth-order valence-electron chi connectivity index (χ4n) is 1.90. The van der Waals surface area contributed by atoms with Gasteiger partial charge in [-0.3, -0.25) is 0 Å². The summed E-state index contributed by atoms with van der Waals surface area (Å²) >= 11 is 0. The normalized spacial score (nSPS) is 9.95. The van der Waals surface area contributed by atoms with Crippen LogP contribution in [-0.2, 0) is 13.2 Å². The predicted octanol–water partition coefficient (Wildman–Crippen LogP) is 2.90. The molecule has 0 spiro atoms. The molecule has 3 heteroatoms. The van der Waals surface area contributed by atoms with Crippen molar-refractivity contribution in [3.63, 3.8) is 0 Å². The van der Waals surface area contributed by atoms with Crippen LogP contribution in [-0.4, -0.2) is 0 Å². The molecule has 3 nitrogen and oxygen atoms in total. The number of benzene rings is 2. The summed E-state index contributed by atoms with van der Waals surface area (Å²) in [5.41, 5.74) is 9.47. The molecule has 0 amide bonds. The highest BCUT2D eigenvalue weighted by Crippen LogP contribution is 2.20. The third-order valence-electron chi connectivity index (χ3n) is 3.05. The van der Waals surface area contributed by atoms with Gasteiger partial charge in [-0.15, -0.1) is 0 Å². The molecule has 0 saturated heterocycles. The third-order valence-corrected chi connectivity index (χ3v) is 3.05. The number of ether oxygens (including phenoxy) is 1. The molecule has 0 aliphatic carbocycles. The number of hydrogen-bond acceptors (Lipinski definition) is 3. The van der Waals surface area contributed by atoms with Crippen molar-refractivity contribution in [1.82, 2.24) is 0 Å². The van der Waals surface area contributed by atoms with Crippen molar-refractivity contribution in [3.05, 3.63) is 64.7 Å². The van der Waals surface area contributed by atoms with E-state index in [1.165, 1.54) is 0 Å². The second kappa shape index (κ2) is 6.03. The number of aryl methyl sites for hydroxylation is 1. The van der Waals surface area contributed by atoms with E-state index in [4.69, 9.17) is 15.7 Å². The molecule has 96 valence electrons. The first kappa shape index (κ1) is 13.1. The number of rotatable bonds is 4. The van der Waals surface area contributed by atoms with Crippen LogP contribution in [0.5, 0.6) is 5.75 Å². The number of hydrogen-bond donors (Lipinski definition) is 1. The van der Waals surface area contributed by atoms with Crippen molar-refractivity contribution in [1.29, 1.82) is 5.26 Å². The number of nitrogens with zero attached hydrogens (tertiary/aromatic N) is 1. The maximum absolute atomic E-state index is 8.83. The van der Waals surface area contributed by atoms with E-state index in [0.717, 1.165) is 22.4 Å². The van der Waals surface area contributed by atoms with Gasteiger partial charge in [0.05, 0.1) is 11.6 Å². The first-order valence-corrected chi connectivity index (χ1v) is 6.15. The largest absolute Gasteiger partial charge is 0.489 e. The van der Waals surface area contributed by atoms with Gasteiger partial charge in [0, 0.05) is 12.1 Å². The Morgan fingerprint density at radius 3 is 2.63 bits per heavy atom. The molecule has 0 atom stereocenters. The van der Waals surface area contributed by atoms with Crippen LogP contribution < -0.4 is 10.5 Å². The van der Waals surface area contributed by atoms with E-state index in [9.17, 15) is 0 Å². The van der Waals surface area contributed by atoms with E-state index in [1.54, 1.807) is 6.07 Å². The highest BCUT2D eigenvalue weighted by atomic mass is 16.5. The lowest BCUT2D eigenvalue weighted by molar-refractivity contribution is 0.302. The van der Waals surface area contributed by atoms with Crippen LogP contribution in [0.15, 0.2) is 42.5 Å². The van der Waals surface area contributed by atoms with Crippen molar-refractivity contribution in [2.24, 2.45) is 5.73 Å². The second-order valence-corrected chi connectivity index (χ2v) is 4.35. The van der Waals surface area contributed by atoms with Crippen LogP contribution in [0.3, 0.4) is 0 Å². The molecule has 0 saturated carbocycles. The first-order valence-electron chi connectivity index (χ1n) is 6.15. The zero-order valence-corrected chi connectivity index (χ0v) is 10.9. The minimum absolute atomic E-state index is 0.461. The number of nitriles is 1. The van der Waals surface area contributed by atoms with Gasteiger partial charge in [-0.05, 0) is 36.2 Å². The molecule has 2 rings (SSSR count). The molecule has 2 N–H and O–H groups in total. The number of para-hydroxylation sites is 1. The molecular weight excluding hydrogens is 236 g/mol. The minimum atomic E-state index is 0.461. The lowest BCUT2D eigenvalue weighted by atomic mass is 10.1. The maximum Gasteiger partial charge on any atom is 0.124 e. The van der Waals surface area contributed by atoms with Gasteiger partial charge in [-0.1, -0.05) is 24.3 Å². The first-order chi connectivity index (χ1) is 9.24. The van der Waals surface area contributed by atoms with Crippen LogP contribution >= 0.6 is 0 Å². The molecule has 2 aromatic carbocycles. The summed E-state index contributed by atoms with van der Waals surface area (Å²) in [6, 6.07) is 15.5. The van der Waals surface area contributed by atoms with Crippen LogP contribution in [0, 0.1) is 18.3 Å². The fraction of sp³-hybridized carbons (Fsp3) is 0.188. The Bertz CT molecular complexity index is 614. The fourth-order valence-corrected chi connectivity index (χ4v) is 1.90. The van der Waals surface area contributed by atoms with Gasteiger partial charge in [0.1, 0.15) is 12.4 Å². The Morgan fingerprint density at radius 2 is 1.95 bits per heavy atom. The van der Waals surface area contributed by atoms with Gasteiger partial charge >= 0.3 is 0 Å². The smallest absolute Gasteiger partial charge is 0.124 e. The molecule has 0 aromatic heterocycles. The average Bonchev–Trinajstić information content (AvgIpc) is 2.46. The van der Waals surface area contributed by atoms with Crippen molar-refractivity contribution >= 4 is 0 Å². The summed E-state index contributed by atoms with van der Waals surface area (Å²) in [5.74, 6) is 0.814. The van der Waals surface area contributed by atoms with E-state index in [1.807, 2.05) is 43.3 Å². The van der Waals surface area contributed by atoms with Gasteiger partial charge in [-0.2, -0.15) is 5.26 Å². The molecule has 19 heavy (non-hydrogen) atoms. The molecule has 0 radical (unpaired) electrons. The quantitative estimate of drug-likeness (QED) is 0.910. The standard InChI is InChI=1S/C16H16N2O/c1-12-8-13(9-17)6-7-15(12)11-19-16-5-3-2-4-14(16)10-18/h2-8H,10-11,18H2,1H3. The molecule has 0 aliphatic rings. The van der Waals surface area contributed by atoms with Crippen LogP contribution in [0.2, 0.25) is 0 Å². The zero-order chi connectivity index (χ0) is 13.7. The van der Waals surface area contributed by atoms with E-state index in [-0.39, 0.29) is 0 Å². The van der Waals surface area contributed by atoms with Crippen LogP contribution in [0.4, 0.5) is 0 Å². The van der Waals surface area contributed by atoms with Gasteiger partial charge in [0.25, 0.3) is 0 Å². The van der Waals surface area contributed by atoms with E-state index in [2.05, 4.69) is 6.07 Å². The third kappa shape index (κ3) is 3.12. The molecule has 0 bridgehead atoms. The van der Waals surface area contributed by atoms with Crippen molar-refractivity contribution < 1.29 is 4.74 Å². The van der Waals surface area contributed by atoms with Gasteiger partial charge in [0.2, 0.25) is 0 Å². The molecule has 0 unspecified atom stereocenters. The Morgan fingerprint density at radius 1 is 1.16 bits per heavy atom. The predicted molar refractivity (Wildman–Crippen MR) is 74.6 cm³/mol. The Hall–Kier alpha value is -2.31. The Labute approximate surface area is 113 Å². The topological polar surface area (TPSA) is 59.0 Å². The summed E-state index contributed by atoms with van der Waals surface area (Å²) in [4.78, 5) is 0. The SMILES string of the molecule is Cc1cc(C#N)ccc1COc1ccccc1CN. The number of nitrogens with two attached hydrogens (primary N) is 1. The highest BCUT2D eigenvalue weighted by Gasteiger charge is 2.04. The molecule has 0 aliphatic heterocycles.